The number of hydrazine groups is 1. The highest BCUT2D eigenvalue weighted by Gasteiger charge is 2.09. The van der Waals surface area contributed by atoms with Crippen LogP contribution in [0.2, 0.25) is 0 Å². The second kappa shape index (κ2) is 7.04. The van der Waals surface area contributed by atoms with E-state index < -0.39 is 0 Å². The van der Waals surface area contributed by atoms with E-state index in [1.807, 2.05) is 13.8 Å². The van der Waals surface area contributed by atoms with Gasteiger partial charge in [-0.1, -0.05) is 38.1 Å². The van der Waals surface area contributed by atoms with Gasteiger partial charge in [-0.05, 0) is 24.5 Å². The Morgan fingerprint density at radius 1 is 1.00 bits per heavy atom. The molecule has 0 radical (unpaired) electrons. The molecule has 0 spiro atoms. The Bertz CT molecular complexity index is 610. The zero-order valence-electron chi connectivity index (χ0n) is 12.9. The molecule has 5 nitrogen and oxygen atoms in total. The van der Waals surface area contributed by atoms with Gasteiger partial charge in [-0.3, -0.25) is 0 Å². The van der Waals surface area contributed by atoms with Crippen molar-refractivity contribution in [2.24, 2.45) is 5.84 Å². The second-order valence-corrected chi connectivity index (χ2v) is 4.94. The van der Waals surface area contributed by atoms with Gasteiger partial charge in [-0.15, -0.1) is 0 Å². The van der Waals surface area contributed by atoms with Crippen molar-refractivity contribution in [3.63, 3.8) is 0 Å². The van der Waals surface area contributed by atoms with Crippen LogP contribution < -0.4 is 16.6 Å². The molecule has 0 atom stereocenters. The molecule has 0 saturated carbocycles. The minimum Gasteiger partial charge on any atom is -0.366 e. The average molecular weight is 285 g/mol. The van der Waals surface area contributed by atoms with Gasteiger partial charge in [0.15, 0.2) is 0 Å². The van der Waals surface area contributed by atoms with E-state index in [2.05, 4.69) is 51.9 Å². The van der Waals surface area contributed by atoms with Crippen LogP contribution in [0.1, 0.15) is 36.4 Å². The first-order valence-corrected chi connectivity index (χ1v) is 7.34. The first-order valence-electron chi connectivity index (χ1n) is 7.34. The number of anilines is 2. The van der Waals surface area contributed by atoms with Crippen molar-refractivity contribution in [1.29, 1.82) is 0 Å². The van der Waals surface area contributed by atoms with Gasteiger partial charge >= 0.3 is 0 Å². The summed E-state index contributed by atoms with van der Waals surface area (Å²) in [5, 5.41) is 3.41. The molecule has 0 amide bonds. The summed E-state index contributed by atoms with van der Waals surface area (Å²) in [4.78, 5) is 8.92. The van der Waals surface area contributed by atoms with E-state index in [-0.39, 0.29) is 0 Å². The molecule has 1 aromatic heterocycles. The summed E-state index contributed by atoms with van der Waals surface area (Å²) in [5.74, 6) is 7.81. The molecule has 0 aliphatic heterocycles. The van der Waals surface area contributed by atoms with E-state index in [0.29, 0.717) is 5.82 Å². The summed E-state index contributed by atoms with van der Waals surface area (Å²) < 4.78 is 0. The summed E-state index contributed by atoms with van der Waals surface area (Å²) in [7, 11) is 0. The van der Waals surface area contributed by atoms with Crippen LogP contribution in [-0.4, -0.2) is 9.97 Å². The van der Waals surface area contributed by atoms with Crippen LogP contribution >= 0.6 is 0 Å². The van der Waals surface area contributed by atoms with Gasteiger partial charge < -0.3 is 10.7 Å². The maximum Gasteiger partial charge on any atom is 0.148 e. The number of nitrogens with two attached hydrogens (primary N) is 1. The summed E-state index contributed by atoms with van der Waals surface area (Å²) in [6, 6.07) is 8.44. The molecule has 1 aromatic carbocycles. The van der Waals surface area contributed by atoms with Gasteiger partial charge in [0, 0.05) is 18.5 Å². The molecule has 2 rings (SSSR count). The lowest BCUT2D eigenvalue weighted by molar-refractivity contribution is 0.918. The van der Waals surface area contributed by atoms with Crippen LogP contribution in [-0.2, 0) is 19.4 Å². The molecule has 5 heteroatoms. The highest BCUT2D eigenvalue weighted by atomic mass is 15.3. The van der Waals surface area contributed by atoms with Crippen LogP contribution in [0, 0.1) is 6.92 Å². The van der Waals surface area contributed by atoms with Crippen molar-refractivity contribution in [3.8, 4) is 0 Å². The van der Waals surface area contributed by atoms with E-state index >= 15 is 0 Å². The molecular formula is C16H23N5. The highest BCUT2D eigenvalue weighted by molar-refractivity contribution is 5.57. The Labute approximate surface area is 126 Å². The van der Waals surface area contributed by atoms with Crippen molar-refractivity contribution < 1.29 is 0 Å². The number of hydrogen-bond acceptors (Lipinski definition) is 5. The number of rotatable bonds is 6. The van der Waals surface area contributed by atoms with Crippen molar-refractivity contribution in [3.05, 3.63) is 46.8 Å². The van der Waals surface area contributed by atoms with Crippen molar-refractivity contribution in [1.82, 2.24) is 9.97 Å². The number of aryl methyl sites for hydroxylation is 2. The first kappa shape index (κ1) is 15.3. The Balaban J connectivity index is 2.23. The normalized spacial score (nSPS) is 10.5. The SMILES string of the molecule is CCc1nc(NN)c(C)c(NCc2ccccc2CC)n1. The molecule has 0 aliphatic rings. The summed E-state index contributed by atoms with van der Waals surface area (Å²) in [6.45, 7) is 6.90. The molecule has 4 N–H and O–H groups in total. The van der Waals surface area contributed by atoms with E-state index in [4.69, 9.17) is 5.84 Å². The highest BCUT2D eigenvalue weighted by Crippen LogP contribution is 2.20. The number of nitrogens with one attached hydrogen (secondary N) is 2. The van der Waals surface area contributed by atoms with Crippen LogP contribution in [0.15, 0.2) is 24.3 Å². The molecule has 21 heavy (non-hydrogen) atoms. The summed E-state index contributed by atoms with van der Waals surface area (Å²) >= 11 is 0. The number of aromatic nitrogens is 2. The maximum absolute atomic E-state index is 5.53. The lowest BCUT2D eigenvalue weighted by atomic mass is 10.1. The fourth-order valence-corrected chi connectivity index (χ4v) is 2.29. The largest absolute Gasteiger partial charge is 0.366 e. The van der Waals surface area contributed by atoms with Gasteiger partial charge in [-0.25, -0.2) is 15.8 Å². The second-order valence-electron chi connectivity index (χ2n) is 4.94. The smallest absolute Gasteiger partial charge is 0.148 e. The van der Waals surface area contributed by atoms with Crippen LogP contribution in [0.25, 0.3) is 0 Å². The Morgan fingerprint density at radius 3 is 2.29 bits per heavy atom. The van der Waals surface area contributed by atoms with E-state index in [0.717, 1.165) is 36.6 Å². The minimum absolute atomic E-state index is 0.674. The molecule has 112 valence electrons. The molecule has 0 aliphatic carbocycles. The lowest BCUT2D eigenvalue weighted by Gasteiger charge is -2.14. The predicted octanol–water partition coefficient (Wildman–Crippen LogP) is 2.81. The molecule has 1 heterocycles. The Hall–Kier alpha value is -2.14. The summed E-state index contributed by atoms with van der Waals surface area (Å²) in [5.41, 5.74) is 6.22. The Morgan fingerprint density at radius 2 is 1.67 bits per heavy atom. The lowest BCUT2D eigenvalue weighted by Crippen LogP contribution is -2.15. The Kier molecular flexibility index (Phi) is 5.11. The zero-order valence-corrected chi connectivity index (χ0v) is 12.9. The van der Waals surface area contributed by atoms with Gasteiger partial charge in [0.25, 0.3) is 0 Å². The number of benzene rings is 1. The van der Waals surface area contributed by atoms with E-state index in [1.54, 1.807) is 0 Å². The average Bonchev–Trinajstić information content (AvgIpc) is 2.54. The topological polar surface area (TPSA) is 75.9 Å². The van der Waals surface area contributed by atoms with Gasteiger partial charge in [0.1, 0.15) is 17.5 Å². The summed E-state index contributed by atoms with van der Waals surface area (Å²) in [6.07, 6.45) is 1.80. The van der Waals surface area contributed by atoms with Crippen molar-refractivity contribution in [2.75, 3.05) is 10.7 Å². The number of hydrogen-bond donors (Lipinski definition) is 3. The molecule has 0 unspecified atom stereocenters. The zero-order chi connectivity index (χ0) is 15.2. The quantitative estimate of drug-likeness (QED) is 0.562. The fourth-order valence-electron chi connectivity index (χ4n) is 2.29. The fraction of sp³-hybridized carbons (Fsp3) is 0.375. The number of nitrogens with zero attached hydrogens (tertiary/aromatic N) is 2. The standard InChI is InChI=1S/C16H23N5/c1-4-12-8-6-7-9-13(12)10-18-15-11(3)16(21-17)20-14(5-2)19-15/h6-9H,4-5,10,17H2,1-3H3,(H2,18,19,20,21). The van der Waals surface area contributed by atoms with Crippen LogP contribution in [0.5, 0.6) is 0 Å². The minimum atomic E-state index is 0.674. The third-order valence-corrected chi connectivity index (χ3v) is 3.59. The molecule has 0 bridgehead atoms. The van der Waals surface area contributed by atoms with Gasteiger partial charge in [0.05, 0.1) is 0 Å². The third-order valence-electron chi connectivity index (χ3n) is 3.59. The predicted molar refractivity (Wildman–Crippen MR) is 87.1 cm³/mol. The molecular weight excluding hydrogens is 262 g/mol. The first-order chi connectivity index (χ1) is 10.2. The van der Waals surface area contributed by atoms with E-state index in [9.17, 15) is 0 Å². The molecule has 0 fully saturated rings. The monoisotopic (exact) mass is 285 g/mol. The van der Waals surface area contributed by atoms with Gasteiger partial charge in [-0.2, -0.15) is 0 Å². The number of nitrogen functional groups attached to an aromatic ring is 1. The molecule has 0 saturated heterocycles. The third kappa shape index (κ3) is 3.49. The van der Waals surface area contributed by atoms with E-state index in [1.165, 1.54) is 11.1 Å². The van der Waals surface area contributed by atoms with Gasteiger partial charge in [0.2, 0.25) is 0 Å². The van der Waals surface area contributed by atoms with Crippen molar-refractivity contribution >= 4 is 11.6 Å². The van der Waals surface area contributed by atoms with Crippen LogP contribution in [0.3, 0.4) is 0 Å². The van der Waals surface area contributed by atoms with Crippen LogP contribution in [0.4, 0.5) is 11.6 Å². The van der Waals surface area contributed by atoms with Crippen molar-refractivity contribution in [2.45, 2.75) is 40.2 Å². The molecule has 2 aromatic rings. The maximum atomic E-state index is 5.53.